The van der Waals surface area contributed by atoms with Crippen molar-refractivity contribution in [1.82, 2.24) is 14.8 Å². The molecule has 0 aliphatic carbocycles. The molecule has 0 aliphatic heterocycles. The lowest BCUT2D eigenvalue weighted by atomic mass is 10.0. The largest absolute Gasteiger partial charge is 0.465 e. The van der Waals surface area contributed by atoms with E-state index in [0.717, 1.165) is 5.82 Å². The van der Waals surface area contributed by atoms with Crippen molar-refractivity contribution in [2.45, 2.75) is 18.1 Å². The molecule has 0 aliphatic rings. The standard InChI is InChI=1S/C26H24N4O3S/c1-3-15-30-23(16-20-9-6-8-18-7-4-5-10-22(18)20)28-29-26(30)34-17-24(31)27-21-13-11-19(12-14-21)25(32)33-2/h3-14H,1,15-17H2,2H3,(H,27,31). The first kappa shape index (κ1) is 23.3. The molecule has 0 saturated carbocycles. The van der Waals surface area contributed by atoms with Crippen molar-refractivity contribution in [2.75, 3.05) is 18.2 Å². The second-order valence-electron chi connectivity index (χ2n) is 7.52. The van der Waals surface area contributed by atoms with Gasteiger partial charge in [0.15, 0.2) is 5.16 Å². The second-order valence-corrected chi connectivity index (χ2v) is 8.46. The van der Waals surface area contributed by atoms with Crippen molar-refractivity contribution >= 4 is 40.1 Å². The average molecular weight is 473 g/mol. The van der Waals surface area contributed by atoms with Gasteiger partial charge in [-0.3, -0.25) is 4.79 Å². The van der Waals surface area contributed by atoms with E-state index in [2.05, 4.69) is 51.1 Å². The first-order valence-electron chi connectivity index (χ1n) is 10.7. The van der Waals surface area contributed by atoms with E-state index in [4.69, 9.17) is 0 Å². The van der Waals surface area contributed by atoms with Crippen molar-refractivity contribution in [1.29, 1.82) is 0 Å². The maximum atomic E-state index is 12.5. The number of fused-ring (bicyclic) bond motifs is 1. The summed E-state index contributed by atoms with van der Waals surface area (Å²) in [5.74, 6) is 0.383. The molecule has 8 heteroatoms. The highest BCUT2D eigenvalue weighted by atomic mass is 32.2. The molecule has 0 radical (unpaired) electrons. The van der Waals surface area contributed by atoms with Crippen LogP contribution in [0.25, 0.3) is 10.8 Å². The van der Waals surface area contributed by atoms with Crippen LogP contribution in [0.3, 0.4) is 0 Å². The van der Waals surface area contributed by atoms with Crippen LogP contribution in [0.1, 0.15) is 21.7 Å². The highest BCUT2D eigenvalue weighted by molar-refractivity contribution is 7.99. The van der Waals surface area contributed by atoms with E-state index in [-0.39, 0.29) is 11.7 Å². The minimum Gasteiger partial charge on any atom is -0.465 e. The van der Waals surface area contributed by atoms with Gasteiger partial charge in [-0.15, -0.1) is 16.8 Å². The normalized spacial score (nSPS) is 10.7. The fourth-order valence-electron chi connectivity index (χ4n) is 3.62. The lowest BCUT2D eigenvalue weighted by Crippen LogP contribution is -2.15. The van der Waals surface area contributed by atoms with Gasteiger partial charge >= 0.3 is 5.97 Å². The van der Waals surface area contributed by atoms with Gasteiger partial charge in [-0.05, 0) is 40.6 Å². The lowest BCUT2D eigenvalue weighted by molar-refractivity contribution is -0.113. The van der Waals surface area contributed by atoms with Crippen LogP contribution in [0, 0.1) is 0 Å². The molecule has 4 rings (SSSR count). The number of allylic oxidation sites excluding steroid dienone is 1. The highest BCUT2D eigenvalue weighted by Crippen LogP contribution is 2.23. The van der Waals surface area contributed by atoms with Gasteiger partial charge in [0.1, 0.15) is 5.82 Å². The molecular weight excluding hydrogens is 448 g/mol. The van der Waals surface area contributed by atoms with Crippen molar-refractivity contribution < 1.29 is 14.3 Å². The molecule has 7 nitrogen and oxygen atoms in total. The number of rotatable bonds is 9. The molecule has 0 saturated heterocycles. The summed E-state index contributed by atoms with van der Waals surface area (Å²) < 4.78 is 6.67. The monoisotopic (exact) mass is 472 g/mol. The SMILES string of the molecule is C=CCn1c(Cc2cccc3ccccc23)nnc1SCC(=O)Nc1ccc(C(=O)OC)cc1. The number of benzene rings is 3. The molecule has 0 unspecified atom stereocenters. The van der Waals surface area contributed by atoms with Crippen molar-refractivity contribution in [3.05, 3.63) is 96.3 Å². The summed E-state index contributed by atoms with van der Waals surface area (Å²) in [4.78, 5) is 24.0. The summed E-state index contributed by atoms with van der Waals surface area (Å²) in [5.41, 5.74) is 2.19. The van der Waals surface area contributed by atoms with Crippen molar-refractivity contribution in [2.24, 2.45) is 0 Å². The average Bonchev–Trinajstić information content (AvgIpc) is 3.24. The molecule has 1 heterocycles. The fraction of sp³-hybridized carbons (Fsp3) is 0.154. The molecule has 0 spiro atoms. The number of ether oxygens (including phenoxy) is 1. The highest BCUT2D eigenvalue weighted by Gasteiger charge is 2.15. The minimum atomic E-state index is -0.422. The molecule has 1 amide bonds. The number of aromatic nitrogens is 3. The summed E-state index contributed by atoms with van der Waals surface area (Å²) in [6, 6.07) is 21.0. The van der Waals surface area contributed by atoms with Gasteiger partial charge in [-0.2, -0.15) is 0 Å². The van der Waals surface area contributed by atoms with E-state index in [0.29, 0.717) is 29.4 Å². The summed E-state index contributed by atoms with van der Waals surface area (Å²) >= 11 is 1.32. The van der Waals surface area contributed by atoms with E-state index in [1.165, 1.54) is 35.2 Å². The summed E-state index contributed by atoms with van der Waals surface area (Å²) in [5, 5.41) is 14.6. The van der Waals surface area contributed by atoms with Crippen LogP contribution >= 0.6 is 11.8 Å². The summed E-state index contributed by atoms with van der Waals surface area (Å²) in [6.07, 6.45) is 2.42. The number of methoxy groups -OCH3 is 1. The molecule has 0 bridgehead atoms. The Labute approximate surface area is 201 Å². The van der Waals surface area contributed by atoms with Crippen molar-refractivity contribution in [3.63, 3.8) is 0 Å². The third kappa shape index (κ3) is 5.35. The van der Waals surface area contributed by atoms with Gasteiger partial charge in [0.25, 0.3) is 0 Å². The molecular formula is C26H24N4O3S. The Balaban J connectivity index is 1.44. The van der Waals surface area contributed by atoms with Crippen LogP contribution in [-0.4, -0.2) is 39.5 Å². The quantitative estimate of drug-likeness (QED) is 0.215. The molecule has 1 N–H and O–H groups in total. The molecule has 3 aromatic carbocycles. The van der Waals surface area contributed by atoms with Crippen LogP contribution in [-0.2, 0) is 22.5 Å². The smallest absolute Gasteiger partial charge is 0.337 e. The van der Waals surface area contributed by atoms with Crippen LogP contribution < -0.4 is 5.32 Å². The summed E-state index contributed by atoms with van der Waals surface area (Å²) in [6.45, 7) is 4.40. The molecule has 172 valence electrons. The number of nitrogens with zero attached hydrogens (tertiary/aromatic N) is 3. The Bertz CT molecular complexity index is 1330. The molecule has 0 atom stereocenters. The second kappa shape index (κ2) is 10.8. The van der Waals surface area contributed by atoms with Gasteiger partial charge in [0.05, 0.1) is 18.4 Å². The first-order chi connectivity index (χ1) is 16.6. The van der Waals surface area contributed by atoms with Crippen molar-refractivity contribution in [3.8, 4) is 0 Å². The molecule has 0 fully saturated rings. The maximum Gasteiger partial charge on any atom is 0.337 e. The van der Waals surface area contributed by atoms with Crippen LogP contribution in [0.5, 0.6) is 0 Å². The predicted molar refractivity (Wildman–Crippen MR) is 134 cm³/mol. The van der Waals surface area contributed by atoms with Crippen LogP contribution in [0.4, 0.5) is 5.69 Å². The number of thioether (sulfide) groups is 1. The zero-order valence-electron chi connectivity index (χ0n) is 18.7. The number of hydrogen-bond donors (Lipinski definition) is 1. The number of esters is 1. The Morgan fingerprint density at radius 1 is 1.06 bits per heavy atom. The third-order valence-corrected chi connectivity index (χ3v) is 6.22. The van der Waals surface area contributed by atoms with E-state index in [1.807, 2.05) is 22.8 Å². The molecule has 4 aromatic rings. The van der Waals surface area contributed by atoms with E-state index in [1.54, 1.807) is 30.3 Å². The Morgan fingerprint density at radius 3 is 2.59 bits per heavy atom. The Kier molecular flexibility index (Phi) is 7.39. The van der Waals surface area contributed by atoms with Crippen LogP contribution in [0.15, 0.2) is 84.5 Å². The summed E-state index contributed by atoms with van der Waals surface area (Å²) in [7, 11) is 1.33. The maximum absolute atomic E-state index is 12.5. The zero-order valence-corrected chi connectivity index (χ0v) is 19.5. The number of carbonyl (C=O) groups is 2. The Hall–Kier alpha value is -3.91. The van der Waals surface area contributed by atoms with Gasteiger partial charge in [-0.25, -0.2) is 4.79 Å². The van der Waals surface area contributed by atoms with Gasteiger partial charge in [-0.1, -0.05) is 60.3 Å². The number of carbonyl (C=O) groups excluding carboxylic acids is 2. The number of hydrogen-bond acceptors (Lipinski definition) is 6. The molecule has 1 aromatic heterocycles. The molecule has 34 heavy (non-hydrogen) atoms. The predicted octanol–water partition coefficient (Wildman–Crippen LogP) is 4.73. The van der Waals surface area contributed by atoms with Crippen LogP contribution in [0.2, 0.25) is 0 Å². The van der Waals surface area contributed by atoms with Gasteiger partial charge in [0.2, 0.25) is 5.91 Å². The lowest BCUT2D eigenvalue weighted by Gasteiger charge is -2.10. The number of anilines is 1. The fourth-order valence-corrected chi connectivity index (χ4v) is 4.39. The minimum absolute atomic E-state index is 0.169. The zero-order chi connectivity index (χ0) is 23.9. The van der Waals surface area contributed by atoms with Gasteiger partial charge in [0, 0.05) is 18.7 Å². The number of nitrogens with one attached hydrogen (secondary N) is 1. The Morgan fingerprint density at radius 2 is 1.82 bits per heavy atom. The van der Waals surface area contributed by atoms with Gasteiger partial charge < -0.3 is 14.6 Å². The van der Waals surface area contributed by atoms with E-state index < -0.39 is 5.97 Å². The first-order valence-corrected chi connectivity index (χ1v) is 11.7. The number of amides is 1. The van der Waals surface area contributed by atoms with E-state index in [9.17, 15) is 9.59 Å². The third-order valence-electron chi connectivity index (χ3n) is 5.26. The topological polar surface area (TPSA) is 86.1 Å². The van der Waals surface area contributed by atoms with E-state index >= 15 is 0 Å².